The molecule has 3 heteroatoms. The minimum atomic E-state index is 0.280. The molecule has 1 atom stereocenters. The van der Waals surface area contributed by atoms with Crippen molar-refractivity contribution >= 4 is 6.01 Å². The molecule has 1 aliphatic carbocycles. The van der Waals surface area contributed by atoms with E-state index in [1.165, 1.54) is 6.42 Å². The number of rotatable bonds is 1. The van der Waals surface area contributed by atoms with E-state index in [0.717, 1.165) is 5.69 Å². The lowest BCUT2D eigenvalue weighted by molar-refractivity contribution is 0.573. The monoisotopic (exact) mass is 152 g/mol. The molecule has 11 heavy (non-hydrogen) atoms. The Morgan fingerprint density at radius 3 is 2.73 bits per heavy atom. The highest BCUT2D eigenvalue weighted by Gasteiger charge is 2.48. The van der Waals surface area contributed by atoms with Crippen LogP contribution in [0.2, 0.25) is 0 Å². The maximum Gasteiger partial charge on any atom is 0.292 e. The van der Waals surface area contributed by atoms with Gasteiger partial charge in [-0.3, -0.25) is 0 Å². The van der Waals surface area contributed by atoms with E-state index in [0.29, 0.717) is 11.3 Å². The van der Waals surface area contributed by atoms with Crippen LogP contribution in [0.25, 0.3) is 0 Å². The zero-order valence-corrected chi connectivity index (χ0v) is 6.79. The smallest absolute Gasteiger partial charge is 0.292 e. The van der Waals surface area contributed by atoms with E-state index in [4.69, 9.17) is 10.2 Å². The standard InChI is InChI=1S/C8H12N2O/c1-8(2)3-5(8)6-4-11-7(9)10-6/h4-5H,3H2,1-2H3,(H2,9,10). The van der Waals surface area contributed by atoms with Crippen LogP contribution in [-0.4, -0.2) is 4.98 Å². The topological polar surface area (TPSA) is 52.0 Å². The molecule has 0 radical (unpaired) electrons. The van der Waals surface area contributed by atoms with E-state index in [1.807, 2.05) is 0 Å². The summed E-state index contributed by atoms with van der Waals surface area (Å²) < 4.78 is 4.93. The number of hydrogen-bond acceptors (Lipinski definition) is 3. The first-order valence-corrected chi connectivity index (χ1v) is 3.80. The van der Waals surface area contributed by atoms with Gasteiger partial charge in [0.05, 0.1) is 5.69 Å². The summed E-state index contributed by atoms with van der Waals surface area (Å²) in [5.41, 5.74) is 6.77. The van der Waals surface area contributed by atoms with E-state index >= 15 is 0 Å². The van der Waals surface area contributed by atoms with Crippen molar-refractivity contribution in [3.8, 4) is 0 Å². The number of aromatic nitrogens is 1. The Morgan fingerprint density at radius 1 is 1.73 bits per heavy atom. The van der Waals surface area contributed by atoms with Gasteiger partial charge >= 0.3 is 0 Å². The highest BCUT2D eigenvalue weighted by atomic mass is 16.4. The summed E-state index contributed by atoms with van der Waals surface area (Å²) in [5.74, 6) is 0.559. The summed E-state index contributed by atoms with van der Waals surface area (Å²) in [7, 11) is 0. The van der Waals surface area contributed by atoms with Gasteiger partial charge in [0.25, 0.3) is 6.01 Å². The van der Waals surface area contributed by atoms with Crippen LogP contribution >= 0.6 is 0 Å². The van der Waals surface area contributed by atoms with Crippen LogP contribution in [-0.2, 0) is 0 Å². The van der Waals surface area contributed by atoms with Gasteiger partial charge in [0, 0.05) is 5.92 Å². The lowest BCUT2D eigenvalue weighted by atomic mass is 10.1. The molecule has 60 valence electrons. The number of hydrogen-bond donors (Lipinski definition) is 1. The fourth-order valence-corrected chi connectivity index (χ4v) is 1.43. The highest BCUT2D eigenvalue weighted by Crippen LogP contribution is 2.58. The molecular weight excluding hydrogens is 140 g/mol. The molecule has 1 unspecified atom stereocenters. The normalized spacial score (nSPS) is 26.9. The van der Waals surface area contributed by atoms with Crippen molar-refractivity contribution in [2.75, 3.05) is 5.73 Å². The van der Waals surface area contributed by atoms with Crippen LogP contribution in [0, 0.1) is 5.41 Å². The van der Waals surface area contributed by atoms with Gasteiger partial charge in [-0.05, 0) is 11.8 Å². The summed E-state index contributed by atoms with van der Waals surface area (Å²) in [4.78, 5) is 4.08. The van der Waals surface area contributed by atoms with Crippen molar-refractivity contribution in [2.45, 2.75) is 26.2 Å². The number of nitrogen functional groups attached to an aromatic ring is 1. The summed E-state index contributed by atoms with van der Waals surface area (Å²) in [5, 5.41) is 0. The van der Waals surface area contributed by atoms with E-state index in [2.05, 4.69) is 18.8 Å². The van der Waals surface area contributed by atoms with E-state index in [1.54, 1.807) is 6.26 Å². The molecule has 2 N–H and O–H groups in total. The maximum absolute atomic E-state index is 5.35. The molecule has 1 fully saturated rings. The van der Waals surface area contributed by atoms with Gasteiger partial charge in [-0.2, -0.15) is 4.98 Å². The number of nitrogens with zero attached hydrogens (tertiary/aromatic N) is 1. The van der Waals surface area contributed by atoms with Crippen LogP contribution in [0.3, 0.4) is 0 Å². The second-order valence-corrected chi connectivity index (χ2v) is 3.86. The molecule has 1 heterocycles. The molecule has 1 aromatic heterocycles. The Labute approximate surface area is 65.6 Å². The lowest BCUT2D eigenvalue weighted by Crippen LogP contribution is -1.90. The predicted octanol–water partition coefficient (Wildman–Crippen LogP) is 1.77. The van der Waals surface area contributed by atoms with Crippen LogP contribution in [0.5, 0.6) is 0 Å². The predicted molar refractivity (Wildman–Crippen MR) is 42.1 cm³/mol. The Hall–Kier alpha value is -0.990. The SMILES string of the molecule is CC1(C)CC1c1coc(N)n1. The minimum absolute atomic E-state index is 0.280. The second-order valence-electron chi connectivity index (χ2n) is 3.86. The average Bonchev–Trinajstić information content (AvgIpc) is 2.39. The zero-order chi connectivity index (χ0) is 8.06. The van der Waals surface area contributed by atoms with Crippen molar-refractivity contribution in [3.63, 3.8) is 0 Å². The van der Waals surface area contributed by atoms with Gasteiger partial charge < -0.3 is 10.2 Å². The molecule has 0 spiro atoms. The van der Waals surface area contributed by atoms with Gasteiger partial charge in [-0.25, -0.2) is 0 Å². The minimum Gasteiger partial charge on any atom is -0.432 e. The molecule has 1 aliphatic rings. The van der Waals surface area contributed by atoms with E-state index in [-0.39, 0.29) is 6.01 Å². The van der Waals surface area contributed by atoms with Crippen molar-refractivity contribution in [1.29, 1.82) is 0 Å². The fourth-order valence-electron chi connectivity index (χ4n) is 1.43. The van der Waals surface area contributed by atoms with Gasteiger partial charge in [0.1, 0.15) is 6.26 Å². The molecular formula is C8H12N2O. The molecule has 3 nitrogen and oxygen atoms in total. The van der Waals surface area contributed by atoms with Crippen LogP contribution in [0.1, 0.15) is 31.9 Å². The van der Waals surface area contributed by atoms with Gasteiger partial charge in [-0.15, -0.1) is 0 Å². The Kier molecular flexibility index (Phi) is 1.09. The van der Waals surface area contributed by atoms with Crippen LogP contribution < -0.4 is 5.73 Å². The van der Waals surface area contributed by atoms with Gasteiger partial charge in [0.15, 0.2) is 0 Å². The molecule has 0 bridgehead atoms. The summed E-state index contributed by atoms with van der Waals surface area (Å²) in [6.45, 7) is 4.45. The summed E-state index contributed by atoms with van der Waals surface area (Å²) in [6.07, 6.45) is 2.85. The molecule has 1 aromatic rings. The summed E-state index contributed by atoms with van der Waals surface area (Å²) in [6, 6.07) is 0.280. The molecule has 0 amide bonds. The van der Waals surface area contributed by atoms with E-state index in [9.17, 15) is 0 Å². The first-order valence-electron chi connectivity index (χ1n) is 3.80. The van der Waals surface area contributed by atoms with Crippen molar-refractivity contribution in [3.05, 3.63) is 12.0 Å². The molecule has 0 saturated heterocycles. The number of nitrogens with two attached hydrogens (primary N) is 1. The Morgan fingerprint density at radius 2 is 2.36 bits per heavy atom. The lowest BCUT2D eigenvalue weighted by Gasteiger charge is -1.96. The third-order valence-electron chi connectivity index (χ3n) is 2.41. The van der Waals surface area contributed by atoms with Crippen molar-refractivity contribution in [2.24, 2.45) is 5.41 Å². The van der Waals surface area contributed by atoms with Crippen LogP contribution in [0.15, 0.2) is 10.7 Å². The highest BCUT2D eigenvalue weighted by molar-refractivity contribution is 5.23. The summed E-state index contributed by atoms with van der Waals surface area (Å²) >= 11 is 0. The number of anilines is 1. The average molecular weight is 152 g/mol. The quantitative estimate of drug-likeness (QED) is 0.667. The Bertz CT molecular complexity index is 277. The first-order chi connectivity index (χ1) is 5.09. The largest absolute Gasteiger partial charge is 0.432 e. The first kappa shape index (κ1) is 6.70. The molecule has 0 aliphatic heterocycles. The maximum atomic E-state index is 5.35. The zero-order valence-electron chi connectivity index (χ0n) is 6.79. The van der Waals surface area contributed by atoms with Gasteiger partial charge in [0.2, 0.25) is 0 Å². The molecule has 0 aromatic carbocycles. The third-order valence-corrected chi connectivity index (χ3v) is 2.41. The van der Waals surface area contributed by atoms with Crippen molar-refractivity contribution < 1.29 is 4.42 Å². The van der Waals surface area contributed by atoms with Crippen LogP contribution in [0.4, 0.5) is 6.01 Å². The third kappa shape index (κ3) is 1.00. The fraction of sp³-hybridized carbons (Fsp3) is 0.625. The van der Waals surface area contributed by atoms with Crippen molar-refractivity contribution in [1.82, 2.24) is 4.98 Å². The molecule has 1 saturated carbocycles. The van der Waals surface area contributed by atoms with E-state index < -0.39 is 0 Å². The number of oxazole rings is 1. The second kappa shape index (κ2) is 1.78. The molecule has 2 rings (SSSR count). The van der Waals surface area contributed by atoms with Gasteiger partial charge in [-0.1, -0.05) is 13.8 Å². The Balaban J connectivity index is 2.20.